The van der Waals surface area contributed by atoms with Crippen LogP contribution >= 0.6 is 34.2 Å². The van der Waals surface area contributed by atoms with Crippen LogP contribution in [0.4, 0.5) is 5.82 Å². The smallest absolute Gasteiger partial charge is 0.257 e. The van der Waals surface area contributed by atoms with Crippen LogP contribution in [0.3, 0.4) is 0 Å². The number of benzene rings is 2. The number of nitrogens with one attached hydrogen (secondary N) is 1. The molecule has 0 aliphatic rings. The van der Waals surface area contributed by atoms with Gasteiger partial charge in [-0.3, -0.25) is 4.79 Å². The summed E-state index contributed by atoms with van der Waals surface area (Å²) in [7, 11) is 0. The Labute approximate surface area is 159 Å². The molecule has 122 valence electrons. The quantitative estimate of drug-likeness (QED) is 0.582. The highest BCUT2D eigenvalue weighted by Gasteiger charge is 2.14. The van der Waals surface area contributed by atoms with Crippen molar-refractivity contribution >= 4 is 45.9 Å². The molecule has 1 aromatic heterocycles. The van der Waals surface area contributed by atoms with Crippen LogP contribution in [0.5, 0.6) is 0 Å². The van der Waals surface area contributed by atoms with Gasteiger partial charge in [0.15, 0.2) is 0 Å². The molecule has 2 aromatic carbocycles. The van der Waals surface area contributed by atoms with Gasteiger partial charge in [-0.05, 0) is 53.3 Å². The minimum atomic E-state index is -0.198. The van der Waals surface area contributed by atoms with E-state index in [4.69, 9.17) is 11.6 Å². The van der Waals surface area contributed by atoms with E-state index in [1.54, 1.807) is 16.8 Å². The van der Waals surface area contributed by atoms with Crippen molar-refractivity contribution in [2.24, 2.45) is 0 Å². The van der Waals surface area contributed by atoms with Crippen molar-refractivity contribution in [2.45, 2.75) is 13.5 Å². The summed E-state index contributed by atoms with van der Waals surface area (Å²) in [6.07, 6.45) is 0. The van der Waals surface area contributed by atoms with E-state index in [1.165, 1.54) is 0 Å². The van der Waals surface area contributed by atoms with E-state index in [1.807, 2.05) is 49.4 Å². The highest BCUT2D eigenvalue weighted by molar-refractivity contribution is 14.1. The topological polar surface area (TPSA) is 46.9 Å². The lowest BCUT2D eigenvalue weighted by Crippen LogP contribution is -2.17. The molecule has 4 nitrogen and oxygen atoms in total. The van der Waals surface area contributed by atoms with E-state index in [-0.39, 0.29) is 5.91 Å². The second-order valence-electron chi connectivity index (χ2n) is 5.39. The highest BCUT2D eigenvalue weighted by Crippen LogP contribution is 2.20. The lowest BCUT2D eigenvalue weighted by atomic mass is 10.2. The molecule has 0 aliphatic carbocycles. The Bertz CT molecular complexity index is 877. The zero-order valence-corrected chi connectivity index (χ0v) is 15.9. The van der Waals surface area contributed by atoms with Crippen LogP contribution in [0, 0.1) is 10.5 Å². The Hall–Kier alpha value is -1.86. The van der Waals surface area contributed by atoms with E-state index in [9.17, 15) is 4.79 Å². The Kier molecular flexibility index (Phi) is 5.20. The molecule has 0 bridgehead atoms. The van der Waals surface area contributed by atoms with E-state index >= 15 is 0 Å². The van der Waals surface area contributed by atoms with Gasteiger partial charge in [0, 0.05) is 14.7 Å². The van der Waals surface area contributed by atoms with Crippen molar-refractivity contribution in [3.05, 3.63) is 80.0 Å². The van der Waals surface area contributed by atoms with Gasteiger partial charge < -0.3 is 5.32 Å². The Balaban J connectivity index is 1.85. The predicted molar refractivity (Wildman–Crippen MR) is 105 cm³/mol. The number of anilines is 1. The second kappa shape index (κ2) is 7.36. The van der Waals surface area contributed by atoms with Gasteiger partial charge in [-0.2, -0.15) is 5.10 Å². The van der Waals surface area contributed by atoms with Crippen molar-refractivity contribution in [1.82, 2.24) is 9.78 Å². The molecule has 0 atom stereocenters. The predicted octanol–water partition coefficient (Wildman–Crippen LogP) is 4.75. The number of carbonyl (C=O) groups is 1. The largest absolute Gasteiger partial charge is 0.307 e. The van der Waals surface area contributed by atoms with Crippen molar-refractivity contribution in [3.8, 4) is 0 Å². The SMILES string of the molecule is Cc1cc(NC(=O)c2cc(Cl)ccc2I)n(Cc2ccccc2)n1. The number of nitrogens with zero attached hydrogens (tertiary/aromatic N) is 2. The van der Waals surface area contributed by atoms with Crippen molar-refractivity contribution in [2.75, 3.05) is 5.32 Å². The molecule has 0 unspecified atom stereocenters. The minimum Gasteiger partial charge on any atom is -0.307 e. The fourth-order valence-electron chi connectivity index (χ4n) is 2.38. The lowest BCUT2D eigenvalue weighted by Gasteiger charge is -2.10. The minimum absolute atomic E-state index is 0.198. The average molecular weight is 452 g/mol. The van der Waals surface area contributed by atoms with Gasteiger partial charge in [0.25, 0.3) is 5.91 Å². The van der Waals surface area contributed by atoms with E-state index in [0.717, 1.165) is 14.8 Å². The zero-order chi connectivity index (χ0) is 17.1. The fourth-order valence-corrected chi connectivity index (χ4v) is 3.13. The molecule has 0 radical (unpaired) electrons. The Morgan fingerprint density at radius 3 is 2.71 bits per heavy atom. The first-order chi connectivity index (χ1) is 11.5. The number of rotatable bonds is 4. The van der Waals surface area contributed by atoms with Crippen LogP contribution in [0.25, 0.3) is 0 Å². The third kappa shape index (κ3) is 3.96. The zero-order valence-electron chi connectivity index (χ0n) is 13.0. The third-order valence-electron chi connectivity index (χ3n) is 3.49. The maximum absolute atomic E-state index is 12.6. The third-order valence-corrected chi connectivity index (χ3v) is 4.67. The average Bonchev–Trinajstić information content (AvgIpc) is 2.90. The summed E-state index contributed by atoms with van der Waals surface area (Å²) >= 11 is 8.13. The molecule has 0 aliphatic heterocycles. The van der Waals surface area contributed by atoms with E-state index < -0.39 is 0 Å². The van der Waals surface area contributed by atoms with Gasteiger partial charge in [0.1, 0.15) is 5.82 Å². The summed E-state index contributed by atoms with van der Waals surface area (Å²) in [6, 6.07) is 17.1. The number of halogens is 2. The van der Waals surface area contributed by atoms with Crippen LogP contribution in [0.2, 0.25) is 5.02 Å². The highest BCUT2D eigenvalue weighted by atomic mass is 127. The summed E-state index contributed by atoms with van der Waals surface area (Å²) in [5.41, 5.74) is 2.52. The molecule has 3 rings (SSSR count). The van der Waals surface area contributed by atoms with Gasteiger partial charge in [0.2, 0.25) is 0 Å². The summed E-state index contributed by atoms with van der Waals surface area (Å²) in [5, 5.41) is 7.94. The number of hydrogen-bond acceptors (Lipinski definition) is 2. The standard InChI is InChI=1S/C18H15ClIN3O/c1-12-9-17(23(22-12)11-13-5-3-2-4-6-13)21-18(24)15-10-14(19)7-8-16(15)20/h2-10H,11H2,1H3,(H,21,24). The fraction of sp³-hybridized carbons (Fsp3) is 0.111. The van der Waals surface area contributed by atoms with Crippen LogP contribution in [0.1, 0.15) is 21.6 Å². The van der Waals surface area contributed by atoms with Crippen LogP contribution in [-0.4, -0.2) is 15.7 Å². The van der Waals surface area contributed by atoms with Gasteiger partial charge in [-0.15, -0.1) is 0 Å². The molecule has 0 saturated carbocycles. The van der Waals surface area contributed by atoms with E-state index in [2.05, 4.69) is 33.0 Å². The number of hydrogen-bond donors (Lipinski definition) is 1. The van der Waals surface area contributed by atoms with Gasteiger partial charge in [-0.1, -0.05) is 41.9 Å². The van der Waals surface area contributed by atoms with Gasteiger partial charge >= 0.3 is 0 Å². The van der Waals surface area contributed by atoms with Crippen molar-refractivity contribution in [1.29, 1.82) is 0 Å². The van der Waals surface area contributed by atoms with Crippen LogP contribution in [-0.2, 0) is 6.54 Å². The molecular formula is C18H15ClIN3O. The molecule has 0 spiro atoms. The molecule has 24 heavy (non-hydrogen) atoms. The molecule has 1 amide bonds. The monoisotopic (exact) mass is 451 g/mol. The van der Waals surface area contributed by atoms with Crippen LogP contribution < -0.4 is 5.32 Å². The molecule has 1 N–H and O–H groups in total. The van der Waals surface area contributed by atoms with Crippen LogP contribution in [0.15, 0.2) is 54.6 Å². The first-order valence-electron chi connectivity index (χ1n) is 7.38. The summed E-state index contributed by atoms with van der Waals surface area (Å²) in [5.74, 6) is 0.466. The molecule has 1 heterocycles. The maximum Gasteiger partial charge on any atom is 0.257 e. The van der Waals surface area contributed by atoms with Crippen molar-refractivity contribution in [3.63, 3.8) is 0 Å². The summed E-state index contributed by atoms with van der Waals surface area (Å²) < 4.78 is 2.64. The number of aromatic nitrogens is 2. The van der Waals surface area contributed by atoms with Crippen molar-refractivity contribution < 1.29 is 4.79 Å². The summed E-state index contributed by atoms with van der Waals surface area (Å²) in [6.45, 7) is 2.50. The molecule has 3 aromatic rings. The molecular weight excluding hydrogens is 437 g/mol. The first kappa shape index (κ1) is 17.0. The molecule has 0 saturated heterocycles. The number of amides is 1. The second-order valence-corrected chi connectivity index (χ2v) is 6.99. The Morgan fingerprint density at radius 1 is 1.21 bits per heavy atom. The molecule has 6 heteroatoms. The maximum atomic E-state index is 12.6. The number of aryl methyl sites for hydroxylation is 1. The van der Waals surface area contributed by atoms with E-state index in [0.29, 0.717) is 22.9 Å². The first-order valence-corrected chi connectivity index (χ1v) is 8.83. The van der Waals surface area contributed by atoms with Gasteiger partial charge in [-0.25, -0.2) is 4.68 Å². The number of carbonyl (C=O) groups excluding carboxylic acids is 1. The Morgan fingerprint density at radius 2 is 1.96 bits per heavy atom. The summed E-state index contributed by atoms with van der Waals surface area (Å²) in [4.78, 5) is 12.6. The lowest BCUT2D eigenvalue weighted by molar-refractivity contribution is 0.102. The normalized spacial score (nSPS) is 10.6. The molecule has 0 fully saturated rings. The van der Waals surface area contributed by atoms with Gasteiger partial charge in [0.05, 0.1) is 17.8 Å².